The number of carbonyl (C=O) groups is 1. The number of ether oxygens (including phenoxy) is 2. The lowest BCUT2D eigenvalue weighted by Crippen LogP contribution is -2.38. The van der Waals surface area contributed by atoms with E-state index in [1.165, 1.54) is 0 Å². The second-order valence-corrected chi connectivity index (χ2v) is 6.98. The third-order valence-corrected chi connectivity index (χ3v) is 4.87. The first kappa shape index (κ1) is 21.2. The van der Waals surface area contributed by atoms with Crippen molar-refractivity contribution in [2.45, 2.75) is 43.9 Å². The molecule has 156 valence electrons. The molecule has 0 saturated carbocycles. The van der Waals surface area contributed by atoms with E-state index in [9.17, 15) is 15.0 Å². The molecule has 4 atom stereocenters. The van der Waals surface area contributed by atoms with Gasteiger partial charge in [0.05, 0.1) is 31.4 Å². The number of nitrogens with zero attached hydrogens (tertiary/aromatic N) is 1. The second-order valence-electron chi connectivity index (χ2n) is 6.98. The summed E-state index contributed by atoms with van der Waals surface area (Å²) in [6.07, 6.45) is -1.81. The molecule has 0 aliphatic carbocycles. The average molecular weight is 401 g/mol. The van der Waals surface area contributed by atoms with E-state index >= 15 is 0 Å². The molecule has 0 spiro atoms. The SMILES string of the molecule is COc1ccc(CNC(=O)C[C@H]2O[C@H](CNCc3ccccn3)[C@@H](O)[C@H]2O)cc1. The summed E-state index contributed by atoms with van der Waals surface area (Å²) in [4.78, 5) is 16.4. The summed E-state index contributed by atoms with van der Waals surface area (Å²) >= 11 is 0. The molecule has 29 heavy (non-hydrogen) atoms. The van der Waals surface area contributed by atoms with Crippen LogP contribution in [0.2, 0.25) is 0 Å². The van der Waals surface area contributed by atoms with E-state index in [1.54, 1.807) is 13.3 Å². The maximum Gasteiger partial charge on any atom is 0.222 e. The van der Waals surface area contributed by atoms with Gasteiger partial charge in [0.2, 0.25) is 5.91 Å². The Morgan fingerprint density at radius 3 is 2.55 bits per heavy atom. The van der Waals surface area contributed by atoms with E-state index in [2.05, 4.69) is 15.6 Å². The topological polar surface area (TPSA) is 113 Å². The van der Waals surface area contributed by atoms with Crippen LogP contribution in [-0.4, -0.2) is 59.2 Å². The molecule has 1 saturated heterocycles. The van der Waals surface area contributed by atoms with Gasteiger partial charge in [0.15, 0.2) is 0 Å². The average Bonchev–Trinajstić information content (AvgIpc) is 3.01. The summed E-state index contributed by atoms with van der Waals surface area (Å²) < 4.78 is 10.8. The van der Waals surface area contributed by atoms with Crippen LogP contribution >= 0.6 is 0 Å². The molecule has 0 radical (unpaired) electrons. The predicted octanol–water partition coefficient (Wildman–Crippen LogP) is 0.375. The lowest BCUT2D eigenvalue weighted by molar-refractivity contribution is -0.125. The highest BCUT2D eigenvalue weighted by Crippen LogP contribution is 2.23. The number of aromatic nitrogens is 1. The zero-order chi connectivity index (χ0) is 20.6. The molecule has 8 nitrogen and oxygen atoms in total. The highest BCUT2D eigenvalue weighted by molar-refractivity contribution is 5.76. The maximum absolute atomic E-state index is 12.2. The van der Waals surface area contributed by atoms with E-state index in [-0.39, 0.29) is 12.3 Å². The maximum atomic E-state index is 12.2. The number of hydrogen-bond acceptors (Lipinski definition) is 7. The van der Waals surface area contributed by atoms with E-state index in [1.807, 2.05) is 42.5 Å². The van der Waals surface area contributed by atoms with Crippen LogP contribution < -0.4 is 15.4 Å². The number of methoxy groups -OCH3 is 1. The van der Waals surface area contributed by atoms with Gasteiger partial charge in [0, 0.05) is 25.8 Å². The molecule has 2 aromatic rings. The Kier molecular flexibility index (Phi) is 7.54. The number of rotatable bonds is 9. The van der Waals surface area contributed by atoms with Crippen LogP contribution in [0.1, 0.15) is 17.7 Å². The fraction of sp³-hybridized carbons (Fsp3) is 0.429. The Bertz CT molecular complexity index is 772. The van der Waals surface area contributed by atoms with Gasteiger partial charge in [-0.1, -0.05) is 18.2 Å². The van der Waals surface area contributed by atoms with Gasteiger partial charge < -0.3 is 30.3 Å². The van der Waals surface area contributed by atoms with Crippen LogP contribution in [0, 0.1) is 0 Å². The number of aliphatic hydroxyl groups excluding tert-OH is 2. The molecule has 2 heterocycles. The fourth-order valence-electron chi connectivity index (χ4n) is 3.21. The van der Waals surface area contributed by atoms with Crippen LogP contribution in [0.5, 0.6) is 5.75 Å². The first-order chi connectivity index (χ1) is 14.1. The number of nitrogens with one attached hydrogen (secondary N) is 2. The number of pyridine rings is 1. The third-order valence-electron chi connectivity index (χ3n) is 4.87. The molecule has 0 bridgehead atoms. The number of hydrogen-bond donors (Lipinski definition) is 4. The normalized spacial score (nSPS) is 23.7. The Balaban J connectivity index is 1.42. The lowest BCUT2D eigenvalue weighted by atomic mass is 10.1. The number of aliphatic hydroxyl groups is 2. The van der Waals surface area contributed by atoms with Gasteiger partial charge in [-0.3, -0.25) is 9.78 Å². The van der Waals surface area contributed by atoms with Crippen molar-refractivity contribution in [3.05, 3.63) is 59.9 Å². The molecule has 0 unspecified atom stereocenters. The Morgan fingerprint density at radius 2 is 1.86 bits per heavy atom. The minimum absolute atomic E-state index is 0.0227. The summed E-state index contributed by atoms with van der Waals surface area (Å²) in [5, 5.41) is 26.4. The van der Waals surface area contributed by atoms with Crippen molar-refractivity contribution in [1.82, 2.24) is 15.6 Å². The summed E-state index contributed by atoms with van der Waals surface area (Å²) in [5.74, 6) is 0.499. The number of benzene rings is 1. The Morgan fingerprint density at radius 1 is 1.10 bits per heavy atom. The molecule has 1 aliphatic rings. The van der Waals surface area contributed by atoms with Crippen molar-refractivity contribution >= 4 is 5.91 Å². The Hall–Kier alpha value is -2.52. The van der Waals surface area contributed by atoms with Crippen LogP contribution in [0.15, 0.2) is 48.7 Å². The van der Waals surface area contributed by atoms with E-state index < -0.39 is 24.4 Å². The number of carbonyl (C=O) groups excluding carboxylic acids is 1. The van der Waals surface area contributed by atoms with Crippen molar-refractivity contribution < 1.29 is 24.5 Å². The molecular weight excluding hydrogens is 374 g/mol. The van der Waals surface area contributed by atoms with Crippen molar-refractivity contribution in [3.63, 3.8) is 0 Å². The Labute approximate surface area is 169 Å². The molecule has 4 N–H and O–H groups in total. The van der Waals surface area contributed by atoms with Crippen LogP contribution in [0.25, 0.3) is 0 Å². The standard InChI is InChI=1S/C21H27N3O5/c1-28-16-7-5-14(6-8-16)11-24-19(25)10-17-20(26)21(27)18(29-17)13-22-12-15-4-2-3-9-23-15/h2-9,17-18,20-22,26-27H,10-13H2,1H3,(H,24,25)/t17-,18-,20+,21-/m1/s1. The zero-order valence-corrected chi connectivity index (χ0v) is 16.3. The van der Waals surface area contributed by atoms with Crippen LogP contribution in [0.3, 0.4) is 0 Å². The van der Waals surface area contributed by atoms with Crippen molar-refractivity contribution in [3.8, 4) is 5.75 Å². The van der Waals surface area contributed by atoms with Crippen molar-refractivity contribution in [2.75, 3.05) is 13.7 Å². The number of amides is 1. The summed E-state index contributed by atoms with van der Waals surface area (Å²) in [6, 6.07) is 13.0. The van der Waals surface area contributed by atoms with Crippen LogP contribution in [-0.2, 0) is 22.6 Å². The second kappa shape index (κ2) is 10.3. The first-order valence-electron chi connectivity index (χ1n) is 9.58. The zero-order valence-electron chi connectivity index (χ0n) is 16.3. The first-order valence-corrected chi connectivity index (χ1v) is 9.58. The van der Waals surface area contributed by atoms with Gasteiger partial charge in [-0.2, -0.15) is 0 Å². The molecule has 3 rings (SSSR count). The van der Waals surface area contributed by atoms with Gasteiger partial charge in [-0.05, 0) is 29.8 Å². The lowest BCUT2D eigenvalue weighted by Gasteiger charge is -2.15. The highest BCUT2D eigenvalue weighted by atomic mass is 16.5. The molecule has 8 heteroatoms. The van der Waals surface area contributed by atoms with Crippen molar-refractivity contribution in [1.29, 1.82) is 0 Å². The molecule has 1 amide bonds. The molecule has 1 aromatic carbocycles. The quantitative estimate of drug-likeness (QED) is 0.480. The van der Waals surface area contributed by atoms with Gasteiger partial charge in [-0.15, -0.1) is 0 Å². The largest absolute Gasteiger partial charge is 0.497 e. The van der Waals surface area contributed by atoms with E-state index in [0.717, 1.165) is 17.0 Å². The van der Waals surface area contributed by atoms with Gasteiger partial charge in [-0.25, -0.2) is 0 Å². The molecule has 1 aromatic heterocycles. The van der Waals surface area contributed by atoms with E-state index in [0.29, 0.717) is 19.6 Å². The van der Waals surface area contributed by atoms with E-state index in [4.69, 9.17) is 9.47 Å². The molecular formula is C21H27N3O5. The monoisotopic (exact) mass is 401 g/mol. The van der Waals surface area contributed by atoms with Gasteiger partial charge >= 0.3 is 0 Å². The fourth-order valence-corrected chi connectivity index (χ4v) is 3.21. The van der Waals surface area contributed by atoms with Gasteiger partial charge in [0.1, 0.15) is 18.0 Å². The minimum atomic E-state index is -1.11. The van der Waals surface area contributed by atoms with Crippen LogP contribution in [0.4, 0.5) is 0 Å². The summed E-state index contributed by atoms with van der Waals surface area (Å²) in [5.41, 5.74) is 1.80. The third kappa shape index (κ3) is 5.98. The minimum Gasteiger partial charge on any atom is -0.497 e. The highest BCUT2D eigenvalue weighted by Gasteiger charge is 2.42. The molecule has 1 fully saturated rings. The smallest absolute Gasteiger partial charge is 0.222 e. The predicted molar refractivity (Wildman–Crippen MR) is 106 cm³/mol. The van der Waals surface area contributed by atoms with Crippen molar-refractivity contribution in [2.24, 2.45) is 0 Å². The summed E-state index contributed by atoms with van der Waals surface area (Å²) in [7, 11) is 1.60. The van der Waals surface area contributed by atoms with Gasteiger partial charge in [0.25, 0.3) is 0 Å². The summed E-state index contributed by atoms with van der Waals surface area (Å²) in [6.45, 7) is 1.23. The molecule has 1 aliphatic heterocycles.